The van der Waals surface area contributed by atoms with Crippen LogP contribution >= 0.6 is 25.3 Å². The topological polar surface area (TPSA) is 0 Å². The Kier molecular flexibility index (Phi) is 6.39. The Hall–Kier alpha value is -0.0800. The third-order valence-corrected chi connectivity index (χ3v) is 1.61. The van der Waals surface area contributed by atoms with E-state index >= 15 is 0 Å². The van der Waals surface area contributed by atoms with Crippen molar-refractivity contribution >= 4 is 25.3 Å². The zero-order valence-electron chi connectivity index (χ0n) is 7.67. The fraction of sp³-hybridized carbons (Fsp3) is 0.400. The largest absolute Gasteiger partial charge is 0.137 e. The second-order valence-electron chi connectivity index (χ2n) is 2.98. The standard InChI is InChI=1S/C10H16S2/c1-8(2)5-4-6-9(3)7-10(11)12/h5,7,11-12H,3-4,6H2,1-2H3. The van der Waals surface area contributed by atoms with Gasteiger partial charge in [-0.05, 0) is 32.8 Å². The number of thiol groups is 2. The van der Waals surface area contributed by atoms with E-state index in [1.807, 2.05) is 6.08 Å². The molecule has 0 aliphatic heterocycles. The highest BCUT2D eigenvalue weighted by Crippen LogP contribution is 2.13. The monoisotopic (exact) mass is 200 g/mol. The van der Waals surface area contributed by atoms with Gasteiger partial charge in [0.15, 0.2) is 0 Å². The molecule has 12 heavy (non-hydrogen) atoms. The van der Waals surface area contributed by atoms with Crippen molar-refractivity contribution in [2.75, 3.05) is 0 Å². The van der Waals surface area contributed by atoms with Crippen LogP contribution in [-0.2, 0) is 0 Å². The van der Waals surface area contributed by atoms with Gasteiger partial charge in [0.2, 0.25) is 0 Å². The summed E-state index contributed by atoms with van der Waals surface area (Å²) >= 11 is 8.10. The van der Waals surface area contributed by atoms with Gasteiger partial charge in [0, 0.05) is 4.24 Å². The third-order valence-electron chi connectivity index (χ3n) is 1.35. The van der Waals surface area contributed by atoms with Crippen molar-refractivity contribution in [3.8, 4) is 0 Å². The van der Waals surface area contributed by atoms with Crippen LogP contribution in [0.15, 0.2) is 34.1 Å². The van der Waals surface area contributed by atoms with E-state index in [1.165, 1.54) is 5.57 Å². The first-order valence-corrected chi connectivity index (χ1v) is 4.82. The van der Waals surface area contributed by atoms with Gasteiger partial charge >= 0.3 is 0 Å². The zero-order valence-corrected chi connectivity index (χ0v) is 9.46. The minimum absolute atomic E-state index is 0.720. The molecule has 0 heterocycles. The molecule has 0 bridgehead atoms. The Labute approximate surface area is 86.3 Å². The molecule has 0 saturated heterocycles. The van der Waals surface area contributed by atoms with Crippen LogP contribution in [0.25, 0.3) is 0 Å². The van der Waals surface area contributed by atoms with Crippen molar-refractivity contribution < 1.29 is 0 Å². The molecule has 0 nitrogen and oxygen atoms in total. The maximum Gasteiger partial charge on any atom is 0.0342 e. The van der Waals surface area contributed by atoms with Gasteiger partial charge in [-0.15, -0.1) is 25.3 Å². The van der Waals surface area contributed by atoms with Crippen LogP contribution in [0, 0.1) is 0 Å². The van der Waals surface area contributed by atoms with E-state index in [2.05, 4.69) is 51.8 Å². The van der Waals surface area contributed by atoms with Crippen molar-refractivity contribution in [1.82, 2.24) is 0 Å². The van der Waals surface area contributed by atoms with E-state index in [1.54, 1.807) is 0 Å². The van der Waals surface area contributed by atoms with Crippen molar-refractivity contribution in [2.45, 2.75) is 26.7 Å². The van der Waals surface area contributed by atoms with Gasteiger partial charge in [0.25, 0.3) is 0 Å². The Balaban J connectivity index is 3.74. The molecule has 0 unspecified atom stereocenters. The van der Waals surface area contributed by atoms with Crippen LogP contribution < -0.4 is 0 Å². The maximum atomic E-state index is 4.05. The summed E-state index contributed by atoms with van der Waals surface area (Å²) in [7, 11) is 0. The number of hydrogen-bond donors (Lipinski definition) is 2. The molecule has 0 aromatic carbocycles. The van der Waals surface area contributed by atoms with E-state index in [0.29, 0.717) is 0 Å². The van der Waals surface area contributed by atoms with Crippen LogP contribution in [0.5, 0.6) is 0 Å². The summed E-state index contributed by atoms with van der Waals surface area (Å²) in [6.45, 7) is 8.09. The Morgan fingerprint density at radius 2 is 1.92 bits per heavy atom. The first-order valence-electron chi connectivity index (χ1n) is 3.93. The van der Waals surface area contributed by atoms with Gasteiger partial charge in [-0.3, -0.25) is 0 Å². The highest BCUT2D eigenvalue weighted by atomic mass is 32.2. The summed E-state index contributed by atoms with van der Waals surface area (Å²) in [4.78, 5) is 0. The van der Waals surface area contributed by atoms with Crippen LogP contribution in [0.3, 0.4) is 0 Å². The lowest BCUT2D eigenvalue weighted by atomic mass is 10.1. The summed E-state index contributed by atoms with van der Waals surface area (Å²) < 4.78 is 0.720. The van der Waals surface area contributed by atoms with E-state index in [0.717, 1.165) is 22.7 Å². The molecular formula is C10H16S2. The lowest BCUT2D eigenvalue weighted by Gasteiger charge is -1.97. The Morgan fingerprint density at radius 1 is 1.33 bits per heavy atom. The molecule has 0 aliphatic carbocycles. The molecule has 0 atom stereocenters. The molecule has 0 fully saturated rings. The van der Waals surface area contributed by atoms with E-state index in [9.17, 15) is 0 Å². The lowest BCUT2D eigenvalue weighted by molar-refractivity contribution is 0.999. The SMILES string of the molecule is C=C(C=C(S)S)CCC=C(C)C. The summed E-state index contributed by atoms with van der Waals surface area (Å²) in [5, 5.41) is 0. The molecule has 0 aromatic rings. The zero-order chi connectivity index (χ0) is 9.56. The molecule has 0 amide bonds. The van der Waals surface area contributed by atoms with Gasteiger partial charge in [0.05, 0.1) is 0 Å². The highest BCUT2D eigenvalue weighted by Gasteiger charge is 1.89. The van der Waals surface area contributed by atoms with Gasteiger partial charge < -0.3 is 0 Å². The van der Waals surface area contributed by atoms with E-state index in [-0.39, 0.29) is 0 Å². The van der Waals surface area contributed by atoms with Crippen LogP contribution in [0.1, 0.15) is 26.7 Å². The van der Waals surface area contributed by atoms with Crippen molar-refractivity contribution in [3.05, 3.63) is 34.1 Å². The number of rotatable bonds is 4. The molecule has 68 valence electrons. The van der Waals surface area contributed by atoms with Crippen LogP contribution in [0.4, 0.5) is 0 Å². The van der Waals surface area contributed by atoms with Crippen molar-refractivity contribution in [2.24, 2.45) is 0 Å². The predicted molar refractivity (Wildman–Crippen MR) is 63.9 cm³/mol. The molecule has 0 rings (SSSR count). The van der Waals surface area contributed by atoms with Gasteiger partial charge in [0.1, 0.15) is 0 Å². The Bertz CT molecular complexity index is 204. The number of hydrogen-bond acceptors (Lipinski definition) is 2. The molecule has 0 aromatic heterocycles. The maximum absolute atomic E-state index is 4.05. The first-order chi connectivity index (χ1) is 5.52. The van der Waals surface area contributed by atoms with Gasteiger partial charge in [-0.25, -0.2) is 0 Å². The smallest absolute Gasteiger partial charge is 0.0342 e. The Morgan fingerprint density at radius 3 is 2.33 bits per heavy atom. The summed E-state index contributed by atoms with van der Waals surface area (Å²) in [5.41, 5.74) is 2.43. The molecule has 0 radical (unpaired) electrons. The van der Waals surface area contributed by atoms with Crippen molar-refractivity contribution in [1.29, 1.82) is 0 Å². The van der Waals surface area contributed by atoms with E-state index in [4.69, 9.17) is 0 Å². The molecular weight excluding hydrogens is 184 g/mol. The molecule has 0 saturated carbocycles. The summed E-state index contributed by atoms with van der Waals surface area (Å²) in [5.74, 6) is 0. The normalized spacial score (nSPS) is 9.00. The fourth-order valence-electron chi connectivity index (χ4n) is 0.801. The quantitative estimate of drug-likeness (QED) is 0.383. The number of allylic oxidation sites excluding steroid dienone is 4. The van der Waals surface area contributed by atoms with Gasteiger partial charge in [-0.1, -0.05) is 23.8 Å². The molecule has 0 aliphatic rings. The predicted octanol–water partition coefficient (Wildman–Crippen LogP) is 3.99. The summed E-state index contributed by atoms with van der Waals surface area (Å²) in [6.07, 6.45) is 6.11. The third kappa shape index (κ3) is 8.02. The second kappa shape index (κ2) is 6.44. The van der Waals surface area contributed by atoms with E-state index < -0.39 is 0 Å². The molecule has 0 spiro atoms. The van der Waals surface area contributed by atoms with Crippen molar-refractivity contribution in [3.63, 3.8) is 0 Å². The molecule has 0 N–H and O–H groups in total. The summed E-state index contributed by atoms with van der Waals surface area (Å²) in [6, 6.07) is 0. The average molecular weight is 200 g/mol. The van der Waals surface area contributed by atoms with Crippen LogP contribution in [0.2, 0.25) is 0 Å². The minimum Gasteiger partial charge on any atom is -0.137 e. The second-order valence-corrected chi connectivity index (χ2v) is 4.30. The average Bonchev–Trinajstić information content (AvgIpc) is 1.84. The lowest BCUT2D eigenvalue weighted by Crippen LogP contribution is -1.76. The van der Waals surface area contributed by atoms with Crippen LogP contribution in [-0.4, -0.2) is 0 Å². The highest BCUT2D eigenvalue weighted by molar-refractivity contribution is 8.05. The molecule has 2 heteroatoms. The first kappa shape index (κ1) is 11.9. The van der Waals surface area contributed by atoms with Gasteiger partial charge in [-0.2, -0.15) is 0 Å². The minimum atomic E-state index is 0.720. The fourth-order valence-corrected chi connectivity index (χ4v) is 1.17.